The van der Waals surface area contributed by atoms with Gasteiger partial charge in [-0.15, -0.1) is 5.10 Å². The van der Waals surface area contributed by atoms with Crippen molar-refractivity contribution in [2.24, 2.45) is 5.73 Å². The number of nitrogens with zero attached hydrogens (tertiary/aromatic N) is 4. The largest absolute Gasteiger partial charge is 0.480 e. The van der Waals surface area contributed by atoms with Gasteiger partial charge >= 0.3 is 5.97 Å². The van der Waals surface area contributed by atoms with E-state index in [1.807, 2.05) is 0 Å². The molecule has 0 aliphatic rings. The first-order valence-corrected chi connectivity index (χ1v) is 4.68. The van der Waals surface area contributed by atoms with E-state index in [0.717, 1.165) is 5.56 Å². The highest BCUT2D eigenvalue weighted by molar-refractivity contribution is 5.78. The third-order valence-electron chi connectivity index (χ3n) is 2.32. The molecule has 2 heterocycles. The van der Waals surface area contributed by atoms with Gasteiger partial charge in [-0.05, 0) is 35.0 Å². The lowest BCUT2D eigenvalue weighted by Gasteiger charge is -2.18. The molecule has 0 aromatic carbocycles. The summed E-state index contributed by atoms with van der Waals surface area (Å²) in [6, 6.07) is 3.46. The Morgan fingerprint density at radius 3 is 3.12 bits per heavy atom. The van der Waals surface area contributed by atoms with Gasteiger partial charge in [-0.25, -0.2) is 4.52 Å². The van der Waals surface area contributed by atoms with Gasteiger partial charge in [0.1, 0.15) is 5.54 Å². The quantitative estimate of drug-likeness (QED) is 0.721. The zero-order valence-electron chi connectivity index (χ0n) is 8.66. The van der Waals surface area contributed by atoms with Crippen LogP contribution in [0.4, 0.5) is 0 Å². The summed E-state index contributed by atoms with van der Waals surface area (Å²) in [5.41, 5.74) is 5.72. The number of fused-ring (bicyclic) bond motifs is 1. The van der Waals surface area contributed by atoms with Crippen molar-refractivity contribution in [3.63, 3.8) is 0 Å². The Morgan fingerprint density at radius 1 is 1.69 bits per heavy atom. The highest BCUT2D eigenvalue weighted by Gasteiger charge is 2.28. The van der Waals surface area contributed by atoms with E-state index in [1.54, 1.807) is 18.3 Å². The number of rotatable bonds is 3. The maximum atomic E-state index is 10.9. The van der Waals surface area contributed by atoms with E-state index in [2.05, 4.69) is 15.5 Å². The van der Waals surface area contributed by atoms with E-state index >= 15 is 0 Å². The predicted molar refractivity (Wildman–Crippen MR) is 54.7 cm³/mol. The second-order valence-corrected chi connectivity index (χ2v) is 3.92. The summed E-state index contributed by atoms with van der Waals surface area (Å²) in [7, 11) is 0. The van der Waals surface area contributed by atoms with Gasteiger partial charge in [0.25, 0.3) is 0 Å². The number of nitrogens with two attached hydrogens (primary N) is 1. The molecule has 0 fully saturated rings. The van der Waals surface area contributed by atoms with E-state index in [4.69, 9.17) is 10.8 Å². The summed E-state index contributed by atoms with van der Waals surface area (Å²) in [4.78, 5) is 10.9. The molecule has 3 N–H and O–H groups in total. The summed E-state index contributed by atoms with van der Waals surface area (Å²) in [6.45, 7) is 1.47. The Balaban J connectivity index is 2.30. The summed E-state index contributed by atoms with van der Waals surface area (Å²) in [5, 5.41) is 19.9. The van der Waals surface area contributed by atoms with Crippen LogP contribution in [0.25, 0.3) is 5.65 Å². The molecule has 2 aromatic rings. The van der Waals surface area contributed by atoms with Crippen LogP contribution in [0.15, 0.2) is 18.3 Å². The number of hydrogen-bond acceptors (Lipinski definition) is 5. The SMILES string of the molecule is C[C@](N)(Cc1ccn2nnnc2c1)C(=O)O. The van der Waals surface area contributed by atoms with Gasteiger partial charge < -0.3 is 10.8 Å². The number of hydrogen-bond donors (Lipinski definition) is 2. The second-order valence-electron chi connectivity index (χ2n) is 3.92. The van der Waals surface area contributed by atoms with Gasteiger partial charge in [-0.1, -0.05) is 0 Å². The molecule has 0 aliphatic carbocycles. The van der Waals surface area contributed by atoms with Crippen LogP contribution in [0.5, 0.6) is 0 Å². The minimum atomic E-state index is -1.29. The van der Waals surface area contributed by atoms with Crippen LogP contribution in [0.2, 0.25) is 0 Å². The van der Waals surface area contributed by atoms with E-state index in [0.29, 0.717) is 5.65 Å². The lowest BCUT2D eigenvalue weighted by atomic mass is 9.95. The van der Waals surface area contributed by atoms with E-state index < -0.39 is 11.5 Å². The average Bonchev–Trinajstić information content (AvgIpc) is 2.63. The zero-order chi connectivity index (χ0) is 11.8. The molecule has 16 heavy (non-hydrogen) atoms. The fourth-order valence-corrected chi connectivity index (χ4v) is 1.39. The van der Waals surface area contributed by atoms with Gasteiger partial charge in [-0.3, -0.25) is 4.79 Å². The molecule has 7 heteroatoms. The molecule has 7 nitrogen and oxygen atoms in total. The smallest absolute Gasteiger partial charge is 0.323 e. The Kier molecular flexibility index (Phi) is 2.31. The summed E-state index contributed by atoms with van der Waals surface area (Å²) in [6.07, 6.45) is 1.90. The second kappa shape index (κ2) is 3.53. The molecule has 2 rings (SSSR count). The van der Waals surface area contributed by atoms with Gasteiger partial charge in [0.05, 0.1) is 0 Å². The van der Waals surface area contributed by atoms with Crippen LogP contribution in [0, 0.1) is 0 Å². The van der Waals surface area contributed by atoms with E-state index in [9.17, 15) is 4.79 Å². The first-order chi connectivity index (χ1) is 7.49. The molecule has 2 aromatic heterocycles. The van der Waals surface area contributed by atoms with Crippen LogP contribution in [0.3, 0.4) is 0 Å². The van der Waals surface area contributed by atoms with Crippen LogP contribution >= 0.6 is 0 Å². The monoisotopic (exact) mass is 221 g/mol. The molecule has 0 amide bonds. The zero-order valence-corrected chi connectivity index (χ0v) is 8.66. The first-order valence-electron chi connectivity index (χ1n) is 4.68. The van der Waals surface area contributed by atoms with Gasteiger partial charge in [0, 0.05) is 12.6 Å². The molecule has 0 unspecified atom stereocenters. The summed E-state index contributed by atoms with van der Waals surface area (Å²) < 4.78 is 1.50. The third-order valence-corrected chi connectivity index (χ3v) is 2.32. The van der Waals surface area contributed by atoms with Crippen molar-refractivity contribution in [3.05, 3.63) is 23.9 Å². The summed E-state index contributed by atoms with van der Waals surface area (Å²) >= 11 is 0. The first kappa shape index (κ1) is 10.5. The van der Waals surface area contributed by atoms with Crippen molar-refractivity contribution in [3.8, 4) is 0 Å². The van der Waals surface area contributed by atoms with E-state index in [-0.39, 0.29) is 6.42 Å². The highest BCUT2D eigenvalue weighted by atomic mass is 16.4. The van der Waals surface area contributed by atoms with Crippen molar-refractivity contribution < 1.29 is 9.90 Å². The topological polar surface area (TPSA) is 106 Å². The minimum Gasteiger partial charge on any atom is -0.480 e. The number of carboxylic acid groups (broad SMARTS) is 1. The van der Waals surface area contributed by atoms with Crippen molar-refractivity contribution in [1.82, 2.24) is 20.0 Å². The van der Waals surface area contributed by atoms with Crippen molar-refractivity contribution in [2.45, 2.75) is 18.9 Å². The van der Waals surface area contributed by atoms with Crippen molar-refractivity contribution in [2.75, 3.05) is 0 Å². The standard InChI is InChI=1S/C9H11N5O2/c1-9(10,8(15)16)5-6-2-3-14-7(4-6)11-12-13-14/h2-4H,5,10H2,1H3,(H,15,16)/t9-/m0/s1. The Morgan fingerprint density at radius 2 is 2.44 bits per heavy atom. The highest BCUT2D eigenvalue weighted by Crippen LogP contribution is 2.12. The number of carboxylic acids is 1. The Labute approximate surface area is 90.9 Å². The molecule has 0 aliphatic heterocycles. The molecule has 0 bridgehead atoms. The molecule has 0 saturated heterocycles. The predicted octanol–water partition coefficient (Wildman–Crippen LogP) is -0.531. The number of pyridine rings is 1. The fraction of sp³-hybridized carbons (Fsp3) is 0.333. The lowest BCUT2D eigenvalue weighted by molar-refractivity contribution is -0.142. The minimum absolute atomic E-state index is 0.228. The Hall–Kier alpha value is -2.02. The molecule has 0 radical (unpaired) electrons. The molecule has 84 valence electrons. The van der Waals surface area contributed by atoms with Crippen molar-refractivity contribution >= 4 is 11.6 Å². The molecule has 0 saturated carbocycles. The van der Waals surface area contributed by atoms with Gasteiger partial charge in [0.15, 0.2) is 5.65 Å². The number of carbonyl (C=O) groups is 1. The normalized spacial score (nSPS) is 14.9. The number of aromatic nitrogens is 4. The number of aliphatic carboxylic acids is 1. The van der Waals surface area contributed by atoms with Crippen LogP contribution in [-0.4, -0.2) is 36.7 Å². The van der Waals surface area contributed by atoms with Crippen molar-refractivity contribution in [1.29, 1.82) is 0 Å². The number of tetrazole rings is 1. The van der Waals surface area contributed by atoms with Gasteiger partial charge in [0.2, 0.25) is 0 Å². The Bertz CT molecular complexity index is 533. The molecular formula is C9H11N5O2. The lowest BCUT2D eigenvalue weighted by Crippen LogP contribution is -2.46. The maximum Gasteiger partial charge on any atom is 0.323 e. The third kappa shape index (κ3) is 1.84. The molecule has 0 spiro atoms. The van der Waals surface area contributed by atoms with Crippen LogP contribution < -0.4 is 5.73 Å². The van der Waals surface area contributed by atoms with Gasteiger partial charge in [-0.2, -0.15) is 0 Å². The fourth-order valence-electron chi connectivity index (χ4n) is 1.39. The molecular weight excluding hydrogens is 210 g/mol. The van der Waals surface area contributed by atoms with E-state index in [1.165, 1.54) is 11.4 Å². The molecule has 1 atom stereocenters. The van der Waals surface area contributed by atoms with Crippen LogP contribution in [-0.2, 0) is 11.2 Å². The summed E-state index contributed by atoms with van der Waals surface area (Å²) in [5.74, 6) is -1.04. The maximum absolute atomic E-state index is 10.9. The average molecular weight is 221 g/mol. The van der Waals surface area contributed by atoms with Crippen LogP contribution in [0.1, 0.15) is 12.5 Å².